The lowest BCUT2D eigenvalue weighted by atomic mass is 9.82. The summed E-state index contributed by atoms with van der Waals surface area (Å²) in [6.45, 7) is 7.05. The van der Waals surface area contributed by atoms with Crippen LogP contribution in [0, 0.1) is 35.5 Å². The first kappa shape index (κ1) is 50.3. The fourth-order valence-electron chi connectivity index (χ4n) is 9.03. The molecule has 7 rings (SSSR count). The normalized spacial score (nSPS) is 29.9. The van der Waals surface area contributed by atoms with E-state index in [-0.39, 0.29) is 69.8 Å². The molecule has 20 heteroatoms. The number of rotatable bonds is 13. The number of aromatic carboxylic acids is 1. The number of aliphatic hydroxyl groups excluding tert-OH is 3. The molecule has 8 N–H and O–H groups in total. The van der Waals surface area contributed by atoms with Crippen LogP contribution in [-0.4, -0.2) is 146 Å². The number of benzene rings is 1. The van der Waals surface area contributed by atoms with Gasteiger partial charge in [-0.2, -0.15) is 0 Å². The predicted molar refractivity (Wildman–Crippen MR) is 246 cm³/mol. The summed E-state index contributed by atoms with van der Waals surface area (Å²) in [4.78, 5) is 58.6. The monoisotopic (exact) mass is 958 g/mol. The van der Waals surface area contributed by atoms with Crippen LogP contribution in [0.25, 0.3) is 21.8 Å². The Hall–Kier alpha value is -5.62. The van der Waals surface area contributed by atoms with Crippen LogP contribution in [-0.2, 0) is 38.0 Å². The number of carbonyl (C=O) groups is 4. The first-order chi connectivity index (χ1) is 32.5. The second-order valence-electron chi connectivity index (χ2n) is 17.0. The number of methoxy groups -OCH3 is 2. The van der Waals surface area contributed by atoms with E-state index in [1.807, 2.05) is 13.8 Å². The average molecular weight is 959 g/mol. The van der Waals surface area contributed by atoms with Crippen molar-refractivity contribution in [3.05, 3.63) is 70.7 Å². The van der Waals surface area contributed by atoms with E-state index >= 15 is 0 Å². The summed E-state index contributed by atoms with van der Waals surface area (Å²) in [5.74, 6) is 7.09. The van der Waals surface area contributed by atoms with E-state index in [9.17, 15) is 44.7 Å². The Kier molecular flexibility index (Phi) is 16.1. The van der Waals surface area contributed by atoms with Crippen LogP contribution in [0.3, 0.4) is 0 Å². The zero-order valence-corrected chi connectivity index (χ0v) is 38.9. The van der Waals surface area contributed by atoms with E-state index in [0.717, 1.165) is 18.9 Å². The van der Waals surface area contributed by atoms with E-state index in [0.29, 0.717) is 16.3 Å². The number of hydrogen-bond donors (Lipinski definition) is 8. The number of alkyl carbamates (subject to hydrolysis) is 1. The maximum absolute atomic E-state index is 13.8. The minimum Gasteiger partial charge on any atom is -0.508 e. The molecule has 2 aromatic heterocycles. The number of phenolic OH excluding ortho intramolecular Hbond substituents is 1. The second-order valence-corrected chi connectivity index (χ2v) is 18.2. The molecule has 0 bridgehead atoms. The van der Waals surface area contributed by atoms with Gasteiger partial charge in [0, 0.05) is 66.5 Å². The lowest BCUT2D eigenvalue weighted by molar-refractivity contribution is -0.341. The number of aromatic nitrogens is 2. The summed E-state index contributed by atoms with van der Waals surface area (Å²) in [6.07, 6.45) is -8.82. The third kappa shape index (κ3) is 11.0. The number of phenols is 1. The van der Waals surface area contributed by atoms with Crippen molar-refractivity contribution in [1.29, 1.82) is 0 Å². The first-order valence-electron chi connectivity index (χ1n) is 21.9. The van der Waals surface area contributed by atoms with Crippen molar-refractivity contribution in [2.75, 3.05) is 26.6 Å². The van der Waals surface area contributed by atoms with Gasteiger partial charge in [-0.3, -0.25) is 14.9 Å². The van der Waals surface area contributed by atoms with E-state index in [4.69, 9.17) is 28.4 Å². The number of carboxylic acids is 1. The highest BCUT2D eigenvalue weighted by Crippen LogP contribution is 2.43. The number of aliphatic hydroxyl groups is 3. The molecule has 19 nitrogen and oxygen atoms in total. The van der Waals surface area contributed by atoms with Gasteiger partial charge in [0.25, 0.3) is 0 Å². The molecule has 10 unspecified atom stereocenters. The molecule has 2 saturated heterocycles. The first-order valence-corrected chi connectivity index (χ1v) is 22.9. The third-order valence-corrected chi connectivity index (χ3v) is 12.9. The van der Waals surface area contributed by atoms with Gasteiger partial charge in [0.15, 0.2) is 23.5 Å². The highest BCUT2D eigenvalue weighted by Gasteiger charge is 2.52. The number of amides is 1. The van der Waals surface area contributed by atoms with Gasteiger partial charge in [-0.1, -0.05) is 55.4 Å². The lowest BCUT2D eigenvalue weighted by Gasteiger charge is -2.47. The molecule has 0 radical (unpaired) electrons. The molecular formula is C48H54N4O15S. The molecule has 4 aliphatic rings. The van der Waals surface area contributed by atoms with E-state index in [1.165, 1.54) is 37.3 Å². The summed E-state index contributed by atoms with van der Waals surface area (Å²) in [5.41, 5.74) is 0.123. The Bertz CT molecular complexity index is 2660. The summed E-state index contributed by atoms with van der Waals surface area (Å²) < 4.78 is 36.9. The number of nitrogens with zero attached hydrogens (tertiary/aromatic N) is 1. The molecule has 2 fully saturated rings. The summed E-state index contributed by atoms with van der Waals surface area (Å²) in [7, 11) is 2.67. The Labute approximate surface area is 395 Å². The maximum Gasteiger partial charge on any atom is 0.411 e. The number of thioether (sulfide) groups is 1. The van der Waals surface area contributed by atoms with Crippen molar-refractivity contribution >= 4 is 56.5 Å². The third-order valence-electron chi connectivity index (χ3n) is 12.1. The van der Waals surface area contributed by atoms with Gasteiger partial charge in [0.1, 0.15) is 29.8 Å². The Morgan fingerprint density at radius 3 is 2.57 bits per heavy atom. The number of hydrogen-bond acceptors (Lipinski definition) is 17. The second kappa shape index (κ2) is 21.8. The molecule has 4 heterocycles. The van der Waals surface area contributed by atoms with Crippen LogP contribution in [0.5, 0.6) is 5.75 Å². The van der Waals surface area contributed by atoms with Crippen LogP contribution in [0.15, 0.2) is 59.3 Å². The van der Waals surface area contributed by atoms with Crippen molar-refractivity contribution in [2.24, 2.45) is 11.8 Å². The van der Waals surface area contributed by atoms with Gasteiger partial charge in [0.2, 0.25) is 0 Å². The SMILES string of the molecule is COC(=O)NC1=C2C#C/C=C\C#C[C@H](OC3OC(C)C(C(O)c4nc(C(=O)O)cc5c4[nH]c4ccc(O)cc45)C(O)C3OC3CC(OC)C(NC(C)C)CO3)C2/C(=C\CSC(C)=O)[C@@H](O)CC1=O. The number of allylic oxidation sites excluding steroid dienone is 3. The number of ketones is 1. The number of aromatic hydroxyl groups is 1. The number of carbonyl (C=O) groups excluding carboxylic acids is 3. The van der Waals surface area contributed by atoms with Crippen molar-refractivity contribution in [3.8, 4) is 29.4 Å². The number of pyridine rings is 1. The number of H-pyrrole nitrogens is 1. The van der Waals surface area contributed by atoms with E-state index in [1.54, 1.807) is 26.2 Å². The molecule has 3 aromatic rings. The number of carboxylic acid groups (broad SMARTS) is 1. The zero-order valence-electron chi connectivity index (χ0n) is 38.0. The van der Waals surface area contributed by atoms with Gasteiger partial charge < -0.3 is 64.3 Å². The number of ether oxygens (including phenoxy) is 6. The van der Waals surface area contributed by atoms with Crippen molar-refractivity contribution < 1.29 is 73.1 Å². The minimum absolute atomic E-state index is 0.000602. The minimum atomic E-state index is -1.72. The molecule has 1 aromatic carbocycles. The smallest absolute Gasteiger partial charge is 0.411 e. The van der Waals surface area contributed by atoms with Crippen molar-refractivity contribution in [3.63, 3.8) is 0 Å². The van der Waals surface area contributed by atoms with Crippen LogP contribution in [0.1, 0.15) is 62.8 Å². The van der Waals surface area contributed by atoms with Crippen LogP contribution >= 0.6 is 11.8 Å². The molecular weight excluding hydrogens is 905 g/mol. The van der Waals surface area contributed by atoms with Crippen LogP contribution in [0.4, 0.5) is 4.79 Å². The van der Waals surface area contributed by atoms with Gasteiger partial charge in [-0.25, -0.2) is 14.6 Å². The Morgan fingerprint density at radius 1 is 1.10 bits per heavy atom. The van der Waals surface area contributed by atoms with E-state index in [2.05, 4.69) is 44.3 Å². The van der Waals surface area contributed by atoms with Crippen molar-refractivity contribution in [2.45, 2.75) is 108 Å². The topological polar surface area (TPSA) is 278 Å². The van der Waals surface area contributed by atoms with Gasteiger partial charge >= 0.3 is 12.1 Å². The molecule has 0 saturated carbocycles. The lowest BCUT2D eigenvalue weighted by Crippen LogP contribution is -2.60. The largest absolute Gasteiger partial charge is 0.508 e. The Morgan fingerprint density at radius 2 is 1.87 bits per heavy atom. The molecule has 12 atom stereocenters. The van der Waals surface area contributed by atoms with Gasteiger partial charge in [-0.15, -0.1) is 0 Å². The van der Waals surface area contributed by atoms with Gasteiger partial charge in [0.05, 0.1) is 67.0 Å². The predicted octanol–water partition coefficient (Wildman–Crippen LogP) is 3.12. The van der Waals surface area contributed by atoms with Crippen molar-refractivity contribution in [1.82, 2.24) is 20.6 Å². The molecule has 2 aliphatic heterocycles. The van der Waals surface area contributed by atoms with Gasteiger partial charge in [-0.05, 0) is 48.9 Å². The molecule has 362 valence electrons. The highest BCUT2D eigenvalue weighted by atomic mass is 32.2. The standard InChI is InChI=1S/C48H54N4O15S/c1-22(2)49-32-21-64-37(20-36(32)62-5)67-45-44(58)38(43(57)42-41-29(18-31(51-42)46(59)60)28-17-25(54)13-14-30(28)50-41)23(3)65-47(45)66-35-12-10-8-7-9-11-27-39(35)26(15-16-68-24(4)53)33(55)19-34(56)40(27)52-48(61)63-6/h7-8,13-15,17-18,22-23,32-33,35-39,43-45,47,49-50,54-55,57-58H,16,19-21H2,1-6H3,(H,52,61)(H,59,60)/b8-7-,26-15-/t23?,32?,33-,35-,36?,37?,38?,39?,43?,44?,45?,47?/m0/s1. The Balaban J connectivity index is 1.33. The van der Waals surface area contributed by atoms with Crippen LogP contribution in [0.2, 0.25) is 0 Å². The summed E-state index contributed by atoms with van der Waals surface area (Å²) >= 11 is 0.947. The highest BCUT2D eigenvalue weighted by molar-refractivity contribution is 8.13. The molecule has 0 spiro atoms. The molecule has 1 amide bonds. The number of Topliss-reactive ketones (excluding diaryl/α,β-unsaturated/α-hetero) is 1. The van der Waals surface area contributed by atoms with E-state index < -0.39 is 97.1 Å². The summed E-state index contributed by atoms with van der Waals surface area (Å²) in [6, 6.07) is 5.67. The number of fused-ring (bicyclic) bond motifs is 4. The van der Waals surface area contributed by atoms with Crippen LogP contribution < -0.4 is 10.6 Å². The number of nitrogens with one attached hydrogen (secondary N) is 3. The maximum atomic E-state index is 13.8. The fourth-order valence-corrected chi connectivity index (χ4v) is 9.54. The summed E-state index contributed by atoms with van der Waals surface area (Å²) in [5, 5.41) is 63.7. The molecule has 68 heavy (non-hydrogen) atoms. The number of aromatic amines is 1. The quantitative estimate of drug-likeness (QED) is 0.0903. The molecule has 2 aliphatic carbocycles. The fraction of sp³-hybridized carbons (Fsp3) is 0.479. The average Bonchev–Trinajstić information content (AvgIpc) is 3.66. The zero-order chi connectivity index (χ0) is 49.0.